The lowest BCUT2D eigenvalue weighted by atomic mass is 10.2. The Morgan fingerprint density at radius 1 is 1.16 bits per heavy atom. The van der Waals surface area contributed by atoms with E-state index in [-0.39, 0.29) is 17.7 Å². The summed E-state index contributed by atoms with van der Waals surface area (Å²) < 4.78 is 7.35. The molecule has 0 saturated heterocycles. The van der Waals surface area contributed by atoms with Crippen molar-refractivity contribution in [1.29, 1.82) is 0 Å². The van der Waals surface area contributed by atoms with Crippen LogP contribution in [0.4, 0.5) is 5.69 Å². The predicted molar refractivity (Wildman–Crippen MR) is 124 cm³/mol. The lowest BCUT2D eigenvalue weighted by Gasteiger charge is -2.20. The molecule has 2 aromatic carbocycles. The molecule has 7 nitrogen and oxygen atoms in total. The third-order valence-corrected chi connectivity index (χ3v) is 6.00. The zero-order chi connectivity index (χ0) is 22.2. The van der Waals surface area contributed by atoms with Crippen molar-refractivity contribution in [2.75, 3.05) is 32.3 Å². The standard InChI is InChI=1S/C23H29N5O2S/c1-5-20(27(2)3)22-25-26-23(28(22)15-17-10-7-6-8-11-17)31-16-21(29)24-18-12-9-13-19(14-18)30-4/h6-14,20H,5,15-16H2,1-4H3,(H,24,29)/p+1/t20-/m0/s1. The minimum absolute atomic E-state index is 0.0978. The minimum atomic E-state index is -0.0978. The zero-order valence-electron chi connectivity index (χ0n) is 18.5. The van der Waals surface area contributed by atoms with E-state index in [1.807, 2.05) is 36.4 Å². The van der Waals surface area contributed by atoms with Crippen LogP contribution in [0.15, 0.2) is 59.8 Å². The number of methoxy groups -OCH3 is 1. The number of quaternary nitrogens is 1. The van der Waals surface area contributed by atoms with E-state index in [2.05, 4.69) is 53.2 Å². The molecule has 0 saturated carbocycles. The SMILES string of the molecule is CC[C@@H](c1nnc(SCC(=O)Nc2cccc(OC)c2)n1Cc1ccccc1)[NH+](C)C. The molecular weight excluding hydrogens is 410 g/mol. The number of aromatic nitrogens is 3. The second kappa shape index (κ2) is 11.0. The highest BCUT2D eigenvalue weighted by Gasteiger charge is 2.25. The Bertz CT molecular complexity index is 991. The summed E-state index contributed by atoms with van der Waals surface area (Å²) in [6.45, 7) is 2.83. The van der Waals surface area contributed by atoms with Crippen LogP contribution in [-0.2, 0) is 11.3 Å². The van der Waals surface area contributed by atoms with Crippen LogP contribution in [0, 0.1) is 0 Å². The van der Waals surface area contributed by atoms with Gasteiger partial charge >= 0.3 is 0 Å². The van der Waals surface area contributed by atoms with Gasteiger partial charge in [-0.3, -0.25) is 9.36 Å². The summed E-state index contributed by atoms with van der Waals surface area (Å²) in [5.41, 5.74) is 1.88. The van der Waals surface area contributed by atoms with Crippen LogP contribution in [0.3, 0.4) is 0 Å². The molecule has 0 fully saturated rings. The van der Waals surface area contributed by atoms with Crippen molar-refractivity contribution < 1.29 is 14.4 Å². The molecule has 0 bridgehead atoms. The van der Waals surface area contributed by atoms with Gasteiger partial charge < -0.3 is 15.0 Å². The number of hydrogen-bond acceptors (Lipinski definition) is 5. The van der Waals surface area contributed by atoms with E-state index < -0.39 is 0 Å². The number of benzene rings is 2. The van der Waals surface area contributed by atoms with Crippen LogP contribution in [0.25, 0.3) is 0 Å². The van der Waals surface area contributed by atoms with Gasteiger partial charge in [0.15, 0.2) is 11.0 Å². The van der Waals surface area contributed by atoms with Gasteiger partial charge in [0.25, 0.3) is 0 Å². The Labute approximate surface area is 187 Å². The average Bonchev–Trinajstić information content (AvgIpc) is 3.15. The average molecular weight is 441 g/mol. The first kappa shape index (κ1) is 22.8. The van der Waals surface area contributed by atoms with Crippen LogP contribution >= 0.6 is 11.8 Å². The van der Waals surface area contributed by atoms with Gasteiger partial charge in [-0.15, -0.1) is 10.2 Å². The van der Waals surface area contributed by atoms with Crippen molar-refractivity contribution in [3.63, 3.8) is 0 Å². The maximum atomic E-state index is 12.5. The summed E-state index contributed by atoms with van der Waals surface area (Å²) in [6.07, 6.45) is 0.955. The molecule has 1 heterocycles. The first-order valence-corrected chi connectivity index (χ1v) is 11.3. The van der Waals surface area contributed by atoms with Gasteiger partial charge in [-0.05, 0) is 17.7 Å². The second-order valence-corrected chi connectivity index (χ2v) is 8.46. The fourth-order valence-corrected chi connectivity index (χ4v) is 4.20. The number of nitrogens with zero attached hydrogens (tertiary/aromatic N) is 3. The smallest absolute Gasteiger partial charge is 0.234 e. The summed E-state index contributed by atoms with van der Waals surface area (Å²) >= 11 is 1.40. The van der Waals surface area contributed by atoms with E-state index >= 15 is 0 Å². The van der Waals surface area contributed by atoms with Gasteiger partial charge in [0.2, 0.25) is 5.91 Å². The number of carbonyl (C=O) groups excluding carboxylic acids is 1. The van der Waals surface area contributed by atoms with Gasteiger partial charge in [-0.2, -0.15) is 0 Å². The third-order valence-electron chi connectivity index (χ3n) is 5.03. The van der Waals surface area contributed by atoms with E-state index in [9.17, 15) is 4.79 Å². The number of thioether (sulfide) groups is 1. The van der Waals surface area contributed by atoms with Crippen molar-refractivity contribution in [2.24, 2.45) is 0 Å². The molecule has 1 amide bonds. The van der Waals surface area contributed by atoms with Crippen LogP contribution < -0.4 is 15.0 Å². The minimum Gasteiger partial charge on any atom is -0.497 e. The number of rotatable bonds is 10. The maximum Gasteiger partial charge on any atom is 0.234 e. The lowest BCUT2D eigenvalue weighted by molar-refractivity contribution is -0.893. The molecule has 2 N–H and O–H groups in total. The fourth-order valence-electron chi connectivity index (χ4n) is 3.46. The number of ether oxygens (including phenoxy) is 1. The molecule has 0 aliphatic heterocycles. The molecule has 0 radical (unpaired) electrons. The third kappa shape index (κ3) is 6.08. The molecular formula is C23H30N5O2S+. The van der Waals surface area contributed by atoms with Crippen molar-refractivity contribution >= 4 is 23.4 Å². The largest absolute Gasteiger partial charge is 0.497 e. The number of amides is 1. The number of nitrogens with one attached hydrogen (secondary N) is 2. The van der Waals surface area contributed by atoms with Crippen LogP contribution in [-0.4, -0.2) is 47.6 Å². The molecule has 1 atom stereocenters. The second-order valence-electron chi connectivity index (χ2n) is 7.52. The van der Waals surface area contributed by atoms with Gasteiger partial charge in [0.1, 0.15) is 11.8 Å². The summed E-state index contributed by atoms with van der Waals surface area (Å²) in [4.78, 5) is 13.8. The molecule has 164 valence electrons. The van der Waals surface area contributed by atoms with Gasteiger partial charge in [0.05, 0.1) is 33.5 Å². The Kier molecular flexibility index (Phi) is 8.08. The molecule has 0 aliphatic carbocycles. The predicted octanol–water partition coefficient (Wildman–Crippen LogP) is 2.66. The first-order chi connectivity index (χ1) is 15.0. The fraction of sp³-hybridized carbons (Fsp3) is 0.348. The molecule has 31 heavy (non-hydrogen) atoms. The molecule has 0 aliphatic rings. The Morgan fingerprint density at radius 3 is 2.61 bits per heavy atom. The molecule has 0 spiro atoms. The number of anilines is 1. The molecule has 8 heteroatoms. The molecule has 3 rings (SSSR count). The van der Waals surface area contributed by atoms with Crippen molar-refractivity contribution in [1.82, 2.24) is 14.8 Å². The molecule has 3 aromatic rings. The molecule has 0 unspecified atom stereocenters. The highest BCUT2D eigenvalue weighted by molar-refractivity contribution is 7.99. The summed E-state index contributed by atoms with van der Waals surface area (Å²) in [7, 11) is 5.86. The summed E-state index contributed by atoms with van der Waals surface area (Å²) in [6, 6.07) is 17.8. The quantitative estimate of drug-likeness (QED) is 0.474. The summed E-state index contributed by atoms with van der Waals surface area (Å²) in [5, 5.41) is 12.6. The van der Waals surface area contributed by atoms with E-state index in [1.54, 1.807) is 13.2 Å². The van der Waals surface area contributed by atoms with E-state index in [0.717, 1.165) is 17.4 Å². The Hall–Kier alpha value is -2.84. The highest BCUT2D eigenvalue weighted by atomic mass is 32.2. The topological polar surface area (TPSA) is 73.5 Å². The molecule has 1 aromatic heterocycles. The highest BCUT2D eigenvalue weighted by Crippen LogP contribution is 2.23. The van der Waals surface area contributed by atoms with Crippen LogP contribution in [0.1, 0.15) is 30.8 Å². The zero-order valence-corrected chi connectivity index (χ0v) is 19.3. The van der Waals surface area contributed by atoms with Crippen LogP contribution in [0.5, 0.6) is 5.75 Å². The summed E-state index contributed by atoms with van der Waals surface area (Å²) in [5.74, 6) is 1.80. The maximum absolute atomic E-state index is 12.5. The Morgan fingerprint density at radius 2 is 1.94 bits per heavy atom. The number of hydrogen-bond donors (Lipinski definition) is 2. The normalized spacial score (nSPS) is 12.0. The monoisotopic (exact) mass is 440 g/mol. The van der Waals surface area contributed by atoms with Gasteiger partial charge in [-0.25, -0.2) is 0 Å². The lowest BCUT2D eigenvalue weighted by Crippen LogP contribution is -3.06. The van der Waals surface area contributed by atoms with Crippen LogP contribution in [0.2, 0.25) is 0 Å². The first-order valence-electron chi connectivity index (χ1n) is 10.4. The van der Waals surface area contributed by atoms with Gasteiger partial charge in [-0.1, -0.05) is 55.1 Å². The van der Waals surface area contributed by atoms with E-state index in [4.69, 9.17) is 4.74 Å². The van der Waals surface area contributed by atoms with Crippen molar-refractivity contribution in [3.8, 4) is 5.75 Å². The number of carbonyl (C=O) groups is 1. The Balaban J connectivity index is 1.76. The van der Waals surface area contributed by atoms with E-state index in [1.165, 1.54) is 22.2 Å². The van der Waals surface area contributed by atoms with Crippen molar-refractivity contribution in [3.05, 3.63) is 66.0 Å². The van der Waals surface area contributed by atoms with Crippen molar-refractivity contribution in [2.45, 2.75) is 31.1 Å². The van der Waals surface area contributed by atoms with Gasteiger partial charge in [0, 0.05) is 18.2 Å². The van der Waals surface area contributed by atoms with E-state index in [0.29, 0.717) is 18.0 Å².